The van der Waals surface area contributed by atoms with Gasteiger partial charge in [0.15, 0.2) is 5.65 Å². The maximum atomic E-state index is 14.2. The van der Waals surface area contributed by atoms with Crippen LogP contribution >= 0.6 is 0 Å². The van der Waals surface area contributed by atoms with Gasteiger partial charge in [-0.05, 0) is 6.07 Å². The zero-order valence-corrected chi connectivity index (χ0v) is 14.5. The number of hydrogen-bond acceptors (Lipinski definition) is 7. The number of hydrogen-bond donors (Lipinski definition) is 0. The van der Waals surface area contributed by atoms with E-state index < -0.39 is 18.4 Å². The Morgan fingerprint density at radius 1 is 1.15 bits per heavy atom. The molecule has 0 saturated carbocycles. The summed E-state index contributed by atoms with van der Waals surface area (Å²) in [5.41, 5.74) is 1.12. The van der Waals surface area contributed by atoms with E-state index in [9.17, 15) is 13.2 Å². The highest BCUT2D eigenvalue weighted by Gasteiger charge is 2.39. The van der Waals surface area contributed by atoms with Crippen molar-refractivity contribution in [3.05, 3.63) is 24.4 Å². The fourth-order valence-corrected chi connectivity index (χ4v) is 3.01. The van der Waals surface area contributed by atoms with Crippen LogP contribution in [0.5, 0.6) is 11.9 Å². The molecule has 0 unspecified atom stereocenters. The molecule has 3 aromatic heterocycles. The van der Waals surface area contributed by atoms with Crippen LogP contribution in [0.4, 0.5) is 18.9 Å². The highest BCUT2D eigenvalue weighted by molar-refractivity contribution is 5.76. The molecule has 0 N–H and O–H groups in total. The van der Waals surface area contributed by atoms with Crippen molar-refractivity contribution in [2.45, 2.75) is 12.3 Å². The van der Waals surface area contributed by atoms with Gasteiger partial charge in [0, 0.05) is 19.2 Å². The average molecular weight is 380 g/mol. The first-order valence-corrected chi connectivity index (χ1v) is 8.04. The predicted octanol–water partition coefficient (Wildman–Crippen LogP) is 2.19. The van der Waals surface area contributed by atoms with E-state index in [1.807, 2.05) is 0 Å². The monoisotopic (exact) mass is 380 g/mol. The summed E-state index contributed by atoms with van der Waals surface area (Å²) in [6.07, 6.45) is 2.12. The molecule has 0 aromatic carbocycles. The molecule has 4 heterocycles. The van der Waals surface area contributed by atoms with Crippen LogP contribution in [0.25, 0.3) is 16.9 Å². The van der Waals surface area contributed by atoms with Crippen molar-refractivity contribution in [1.82, 2.24) is 24.6 Å². The summed E-state index contributed by atoms with van der Waals surface area (Å²) in [4.78, 5) is 13.5. The van der Waals surface area contributed by atoms with E-state index in [2.05, 4.69) is 20.1 Å². The van der Waals surface area contributed by atoms with Gasteiger partial charge in [0.05, 0.1) is 38.2 Å². The number of aromatic nitrogens is 5. The Labute approximate surface area is 151 Å². The van der Waals surface area contributed by atoms with Crippen molar-refractivity contribution in [3.63, 3.8) is 0 Å². The van der Waals surface area contributed by atoms with Gasteiger partial charge in [0.2, 0.25) is 11.8 Å². The highest BCUT2D eigenvalue weighted by Crippen LogP contribution is 2.36. The minimum Gasteiger partial charge on any atom is -0.480 e. The molecular weight excluding hydrogens is 365 g/mol. The van der Waals surface area contributed by atoms with Crippen LogP contribution in [0.2, 0.25) is 0 Å². The molecule has 1 fully saturated rings. The summed E-state index contributed by atoms with van der Waals surface area (Å²) in [7, 11) is 2.81. The van der Waals surface area contributed by atoms with Gasteiger partial charge in [-0.1, -0.05) is 0 Å². The second-order valence-corrected chi connectivity index (χ2v) is 6.04. The average Bonchev–Trinajstić information content (AvgIpc) is 3.22. The standard InChI is InChI=1S/C16H15F3N6O2/c1-26-14-9(6-21-15(22-14)27-2)10-5-11(24-4-3-16(18,19)8-24)13-20-7-12(17)25(13)23-10/h5-7H,3-4,8H2,1-2H3. The third-order valence-corrected chi connectivity index (χ3v) is 4.30. The number of nitrogens with zero attached hydrogens (tertiary/aromatic N) is 6. The van der Waals surface area contributed by atoms with Crippen LogP contribution in [0.3, 0.4) is 0 Å². The van der Waals surface area contributed by atoms with Crippen LogP contribution in [-0.2, 0) is 0 Å². The molecule has 0 spiro atoms. The Hall–Kier alpha value is -3.11. The van der Waals surface area contributed by atoms with Crippen molar-refractivity contribution < 1.29 is 22.6 Å². The molecule has 142 valence electrons. The van der Waals surface area contributed by atoms with E-state index in [1.165, 1.54) is 25.3 Å². The molecule has 4 rings (SSSR count). The molecule has 1 saturated heterocycles. The van der Waals surface area contributed by atoms with Gasteiger partial charge in [-0.2, -0.15) is 19.0 Å². The summed E-state index contributed by atoms with van der Waals surface area (Å²) < 4.78 is 52.7. The van der Waals surface area contributed by atoms with Gasteiger partial charge < -0.3 is 14.4 Å². The first-order valence-electron chi connectivity index (χ1n) is 8.04. The van der Waals surface area contributed by atoms with E-state index in [4.69, 9.17) is 9.47 Å². The first kappa shape index (κ1) is 17.3. The Kier molecular flexibility index (Phi) is 4.01. The summed E-state index contributed by atoms with van der Waals surface area (Å²) in [5, 5.41) is 4.20. The highest BCUT2D eigenvalue weighted by atomic mass is 19.3. The number of fused-ring (bicyclic) bond motifs is 1. The fraction of sp³-hybridized carbons (Fsp3) is 0.375. The first-order chi connectivity index (χ1) is 12.9. The minimum absolute atomic E-state index is 0.0879. The molecule has 11 heteroatoms. The van der Waals surface area contributed by atoms with Gasteiger partial charge in [0.1, 0.15) is 5.69 Å². The molecule has 3 aromatic rings. The van der Waals surface area contributed by atoms with Crippen molar-refractivity contribution in [2.75, 3.05) is 32.2 Å². The van der Waals surface area contributed by atoms with E-state index in [-0.39, 0.29) is 36.2 Å². The second-order valence-electron chi connectivity index (χ2n) is 6.04. The lowest BCUT2D eigenvalue weighted by molar-refractivity contribution is 0.0257. The van der Waals surface area contributed by atoms with Gasteiger partial charge >= 0.3 is 6.01 Å². The summed E-state index contributed by atoms with van der Waals surface area (Å²) in [5.74, 6) is -3.37. The van der Waals surface area contributed by atoms with Gasteiger partial charge in [-0.15, -0.1) is 0 Å². The second kappa shape index (κ2) is 6.25. The van der Waals surface area contributed by atoms with E-state index >= 15 is 0 Å². The Balaban J connectivity index is 1.89. The number of imidazole rings is 1. The number of methoxy groups -OCH3 is 2. The maximum Gasteiger partial charge on any atom is 0.319 e. The topological polar surface area (TPSA) is 77.7 Å². The lowest BCUT2D eigenvalue weighted by atomic mass is 10.2. The molecule has 0 amide bonds. The van der Waals surface area contributed by atoms with E-state index in [0.717, 1.165) is 10.7 Å². The summed E-state index contributed by atoms with van der Waals surface area (Å²) in [6, 6.07) is 1.64. The van der Waals surface area contributed by atoms with Crippen LogP contribution in [0.1, 0.15) is 6.42 Å². The molecule has 8 nitrogen and oxygen atoms in total. The number of rotatable bonds is 4. The largest absolute Gasteiger partial charge is 0.480 e. The summed E-state index contributed by atoms with van der Waals surface area (Å²) >= 11 is 0. The number of anilines is 1. The number of halogens is 3. The normalized spacial score (nSPS) is 16.1. The fourth-order valence-electron chi connectivity index (χ4n) is 3.01. The number of ether oxygens (including phenoxy) is 2. The van der Waals surface area contributed by atoms with E-state index in [0.29, 0.717) is 11.3 Å². The molecule has 0 atom stereocenters. The quantitative estimate of drug-likeness (QED) is 0.687. The zero-order chi connectivity index (χ0) is 19.2. The number of alkyl halides is 2. The van der Waals surface area contributed by atoms with E-state index in [1.54, 1.807) is 6.07 Å². The zero-order valence-electron chi connectivity index (χ0n) is 14.5. The lowest BCUT2D eigenvalue weighted by Crippen LogP contribution is -2.25. The van der Waals surface area contributed by atoms with Gasteiger partial charge in [-0.3, -0.25) is 0 Å². The van der Waals surface area contributed by atoms with Crippen LogP contribution < -0.4 is 14.4 Å². The third-order valence-electron chi connectivity index (χ3n) is 4.30. The third kappa shape index (κ3) is 2.98. The lowest BCUT2D eigenvalue weighted by Gasteiger charge is -2.19. The minimum atomic E-state index is -2.81. The van der Waals surface area contributed by atoms with Crippen LogP contribution in [-0.4, -0.2) is 57.8 Å². The van der Waals surface area contributed by atoms with Gasteiger partial charge in [-0.25, -0.2) is 18.7 Å². The molecule has 1 aliphatic rings. The molecule has 0 bridgehead atoms. The van der Waals surface area contributed by atoms with Crippen LogP contribution in [0.15, 0.2) is 18.5 Å². The molecule has 0 aliphatic carbocycles. The molecular formula is C16H15F3N6O2. The van der Waals surface area contributed by atoms with Crippen molar-refractivity contribution >= 4 is 11.3 Å². The molecule has 0 radical (unpaired) electrons. The van der Waals surface area contributed by atoms with Crippen molar-refractivity contribution in [3.8, 4) is 23.1 Å². The Bertz CT molecular complexity index is 1010. The van der Waals surface area contributed by atoms with Gasteiger partial charge in [0.25, 0.3) is 5.92 Å². The predicted molar refractivity (Wildman–Crippen MR) is 88.9 cm³/mol. The molecule has 1 aliphatic heterocycles. The Morgan fingerprint density at radius 2 is 1.96 bits per heavy atom. The Morgan fingerprint density at radius 3 is 2.63 bits per heavy atom. The SMILES string of the molecule is COc1ncc(-c2cc(N3CCC(F)(F)C3)c3ncc(F)n3n2)c(OC)n1. The van der Waals surface area contributed by atoms with Crippen LogP contribution in [0, 0.1) is 5.95 Å². The van der Waals surface area contributed by atoms with Crippen molar-refractivity contribution in [1.29, 1.82) is 0 Å². The smallest absolute Gasteiger partial charge is 0.319 e. The summed E-state index contributed by atoms with van der Waals surface area (Å²) in [6.45, 7) is -0.353. The van der Waals surface area contributed by atoms with Crippen molar-refractivity contribution in [2.24, 2.45) is 0 Å². The maximum absolute atomic E-state index is 14.2. The molecule has 27 heavy (non-hydrogen) atoms.